The molecule has 0 radical (unpaired) electrons. The molecule has 0 spiro atoms. The van der Waals surface area contributed by atoms with Crippen molar-refractivity contribution >= 4 is 5.91 Å². The zero-order chi connectivity index (χ0) is 14.2. The lowest BCUT2D eigenvalue weighted by atomic mass is 9.93. The van der Waals surface area contributed by atoms with Crippen LogP contribution in [0.5, 0.6) is 0 Å². The minimum Gasteiger partial charge on any atom is -0.459 e. The van der Waals surface area contributed by atoms with Crippen LogP contribution in [0.2, 0.25) is 0 Å². The Morgan fingerprint density at radius 1 is 1.19 bits per heavy atom. The number of furan rings is 1. The van der Waals surface area contributed by atoms with Gasteiger partial charge in [-0.1, -0.05) is 12.2 Å². The smallest absolute Gasteiger partial charge is 0.289 e. The van der Waals surface area contributed by atoms with Crippen molar-refractivity contribution in [3.05, 3.63) is 36.3 Å². The molecule has 1 saturated heterocycles. The molecule has 21 heavy (non-hydrogen) atoms. The van der Waals surface area contributed by atoms with Gasteiger partial charge in [0.1, 0.15) is 0 Å². The molecule has 2 aliphatic carbocycles. The molecule has 3 atom stereocenters. The Morgan fingerprint density at radius 2 is 2.05 bits per heavy atom. The highest BCUT2D eigenvalue weighted by atomic mass is 16.3. The van der Waals surface area contributed by atoms with E-state index < -0.39 is 0 Å². The van der Waals surface area contributed by atoms with Gasteiger partial charge < -0.3 is 9.32 Å². The van der Waals surface area contributed by atoms with E-state index >= 15 is 0 Å². The van der Waals surface area contributed by atoms with Crippen molar-refractivity contribution in [1.29, 1.82) is 0 Å². The molecule has 2 heterocycles. The maximum atomic E-state index is 12.2. The average Bonchev–Trinajstić information content (AvgIpc) is 3.25. The minimum atomic E-state index is 0.0301. The molecular formula is C17H22N2O2. The quantitative estimate of drug-likeness (QED) is 0.800. The molecule has 0 N–H and O–H groups in total. The Bertz CT molecular complexity index is 529. The normalized spacial score (nSPS) is 32.0. The molecule has 0 unspecified atom stereocenters. The van der Waals surface area contributed by atoms with E-state index in [1.807, 2.05) is 4.90 Å². The van der Waals surface area contributed by atoms with Gasteiger partial charge in [0.2, 0.25) is 0 Å². The van der Waals surface area contributed by atoms with Gasteiger partial charge in [0.25, 0.3) is 5.91 Å². The number of hydrogen-bond acceptors (Lipinski definition) is 3. The molecule has 1 aliphatic heterocycles. The van der Waals surface area contributed by atoms with Crippen LogP contribution in [-0.2, 0) is 0 Å². The number of rotatable bonds is 3. The Kier molecular flexibility index (Phi) is 3.34. The average molecular weight is 286 g/mol. The molecule has 0 aromatic carbocycles. The van der Waals surface area contributed by atoms with Gasteiger partial charge in [0.05, 0.1) is 6.26 Å². The number of carbonyl (C=O) groups is 1. The summed E-state index contributed by atoms with van der Waals surface area (Å²) in [5.41, 5.74) is 0. The third-order valence-electron chi connectivity index (χ3n) is 5.30. The first-order valence-corrected chi connectivity index (χ1v) is 8.03. The molecule has 4 heteroatoms. The standard InChI is InChI=1S/C17H22N2O2/c20-17(16-2-1-9-21-16)19-7-5-18(6-8-19)12-15-11-13-3-4-14(15)10-13/h1-4,9,13-15H,5-8,10-12H2/t13-,14+,15+/m0/s1. The molecule has 1 saturated carbocycles. The summed E-state index contributed by atoms with van der Waals surface area (Å²) in [5, 5.41) is 0. The van der Waals surface area contributed by atoms with Gasteiger partial charge in [0, 0.05) is 32.7 Å². The van der Waals surface area contributed by atoms with Crippen molar-refractivity contribution < 1.29 is 9.21 Å². The summed E-state index contributed by atoms with van der Waals surface area (Å²) in [6.45, 7) is 4.81. The van der Waals surface area contributed by atoms with E-state index in [4.69, 9.17) is 4.42 Å². The Balaban J connectivity index is 1.29. The van der Waals surface area contributed by atoms with Crippen LogP contribution in [0.25, 0.3) is 0 Å². The predicted octanol–water partition coefficient (Wildman–Crippen LogP) is 2.25. The van der Waals surface area contributed by atoms with Gasteiger partial charge >= 0.3 is 0 Å². The highest BCUT2D eigenvalue weighted by molar-refractivity contribution is 5.91. The number of allylic oxidation sites excluding steroid dienone is 2. The Morgan fingerprint density at radius 3 is 2.67 bits per heavy atom. The Hall–Kier alpha value is -1.55. The maximum absolute atomic E-state index is 12.2. The van der Waals surface area contributed by atoms with Crippen LogP contribution >= 0.6 is 0 Å². The lowest BCUT2D eigenvalue weighted by Gasteiger charge is -2.36. The summed E-state index contributed by atoms with van der Waals surface area (Å²) in [6.07, 6.45) is 9.14. The second-order valence-corrected chi connectivity index (χ2v) is 6.61. The SMILES string of the molecule is O=C(c1ccco1)N1CCN(C[C@H]2C[C@H]3C=C[C@@H]2C3)CC1. The number of fused-ring (bicyclic) bond motifs is 2. The van der Waals surface area contributed by atoms with Gasteiger partial charge in [-0.15, -0.1) is 0 Å². The van der Waals surface area contributed by atoms with E-state index in [0.29, 0.717) is 5.76 Å². The third-order valence-corrected chi connectivity index (χ3v) is 5.30. The molecule has 2 fully saturated rings. The second-order valence-electron chi connectivity index (χ2n) is 6.61. The van der Waals surface area contributed by atoms with Crippen LogP contribution in [0.15, 0.2) is 35.0 Å². The van der Waals surface area contributed by atoms with Crippen LogP contribution in [-0.4, -0.2) is 48.4 Å². The number of amides is 1. The summed E-state index contributed by atoms with van der Waals surface area (Å²) in [5.74, 6) is 3.00. The largest absolute Gasteiger partial charge is 0.459 e. The summed E-state index contributed by atoms with van der Waals surface area (Å²) in [7, 11) is 0. The fraction of sp³-hybridized carbons (Fsp3) is 0.588. The lowest BCUT2D eigenvalue weighted by molar-refractivity contribution is 0.0580. The van der Waals surface area contributed by atoms with Crippen LogP contribution < -0.4 is 0 Å². The summed E-state index contributed by atoms with van der Waals surface area (Å²) < 4.78 is 5.20. The first-order chi connectivity index (χ1) is 10.3. The fourth-order valence-corrected chi connectivity index (χ4v) is 4.13. The van der Waals surface area contributed by atoms with Gasteiger partial charge in [-0.3, -0.25) is 9.69 Å². The monoisotopic (exact) mass is 286 g/mol. The molecule has 112 valence electrons. The highest BCUT2D eigenvalue weighted by Crippen LogP contribution is 2.43. The first-order valence-electron chi connectivity index (χ1n) is 8.03. The van der Waals surface area contributed by atoms with E-state index in [9.17, 15) is 4.79 Å². The van der Waals surface area contributed by atoms with E-state index in [0.717, 1.165) is 43.9 Å². The second kappa shape index (κ2) is 5.34. The van der Waals surface area contributed by atoms with E-state index in [1.54, 1.807) is 18.4 Å². The molecular weight excluding hydrogens is 264 g/mol. The van der Waals surface area contributed by atoms with E-state index in [2.05, 4.69) is 17.1 Å². The number of carbonyl (C=O) groups excluding carboxylic acids is 1. The van der Waals surface area contributed by atoms with Gasteiger partial charge in [-0.05, 0) is 42.7 Å². The minimum absolute atomic E-state index is 0.0301. The number of hydrogen-bond donors (Lipinski definition) is 0. The van der Waals surface area contributed by atoms with Crippen LogP contribution in [0.1, 0.15) is 23.4 Å². The van der Waals surface area contributed by atoms with Gasteiger partial charge in [-0.25, -0.2) is 0 Å². The van der Waals surface area contributed by atoms with Crippen molar-refractivity contribution in [2.24, 2.45) is 17.8 Å². The molecule has 4 nitrogen and oxygen atoms in total. The van der Waals surface area contributed by atoms with E-state index in [1.165, 1.54) is 19.4 Å². The van der Waals surface area contributed by atoms with Crippen molar-refractivity contribution in [1.82, 2.24) is 9.80 Å². The highest BCUT2D eigenvalue weighted by Gasteiger charge is 2.36. The Labute approximate surface area is 125 Å². The molecule has 2 bridgehead atoms. The van der Waals surface area contributed by atoms with Crippen molar-refractivity contribution in [3.8, 4) is 0 Å². The van der Waals surface area contributed by atoms with Gasteiger partial charge in [0.15, 0.2) is 5.76 Å². The number of piperazine rings is 1. The molecule has 4 rings (SSSR count). The zero-order valence-corrected chi connectivity index (χ0v) is 12.3. The van der Waals surface area contributed by atoms with Crippen LogP contribution in [0.4, 0.5) is 0 Å². The molecule has 1 aromatic rings. The van der Waals surface area contributed by atoms with Crippen molar-refractivity contribution in [3.63, 3.8) is 0 Å². The number of nitrogens with zero attached hydrogens (tertiary/aromatic N) is 2. The fourth-order valence-electron chi connectivity index (χ4n) is 4.13. The summed E-state index contributed by atoms with van der Waals surface area (Å²) in [6, 6.07) is 3.52. The van der Waals surface area contributed by atoms with Crippen molar-refractivity contribution in [2.45, 2.75) is 12.8 Å². The van der Waals surface area contributed by atoms with Gasteiger partial charge in [-0.2, -0.15) is 0 Å². The maximum Gasteiger partial charge on any atom is 0.289 e. The van der Waals surface area contributed by atoms with Crippen molar-refractivity contribution in [2.75, 3.05) is 32.7 Å². The predicted molar refractivity (Wildman–Crippen MR) is 79.9 cm³/mol. The van der Waals surface area contributed by atoms with Crippen LogP contribution in [0.3, 0.4) is 0 Å². The van der Waals surface area contributed by atoms with E-state index in [-0.39, 0.29) is 5.91 Å². The zero-order valence-electron chi connectivity index (χ0n) is 12.3. The lowest BCUT2D eigenvalue weighted by Crippen LogP contribution is -2.50. The topological polar surface area (TPSA) is 36.7 Å². The first kappa shape index (κ1) is 13.1. The summed E-state index contributed by atoms with van der Waals surface area (Å²) >= 11 is 0. The third kappa shape index (κ3) is 2.53. The molecule has 3 aliphatic rings. The summed E-state index contributed by atoms with van der Waals surface area (Å²) in [4.78, 5) is 16.7. The molecule has 1 aromatic heterocycles. The molecule has 1 amide bonds. The van der Waals surface area contributed by atoms with Crippen LogP contribution in [0, 0.1) is 17.8 Å².